The van der Waals surface area contributed by atoms with Crippen LogP contribution in [0.15, 0.2) is 5.38 Å². The van der Waals surface area contributed by atoms with Crippen molar-refractivity contribution in [2.24, 2.45) is 5.41 Å². The van der Waals surface area contributed by atoms with E-state index in [1.165, 1.54) is 11.1 Å². The molecule has 0 bridgehead atoms. The number of thiophene rings is 1. The smallest absolute Gasteiger partial charge is 0.238 e. The molecule has 1 aliphatic heterocycles. The molecule has 0 radical (unpaired) electrons. The third-order valence-electron chi connectivity index (χ3n) is 4.30. The van der Waals surface area contributed by atoms with E-state index >= 15 is 0 Å². The summed E-state index contributed by atoms with van der Waals surface area (Å²) < 4.78 is 0. The van der Waals surface area contributed by atoms with E-state index < -0.39 is 0 Å². The average molecular weight is 280 g/mol. The van der Waals surface area contributed by atoms with Gasteiger partial charge in [0, 0.05) is 0 Å². The van der Waals surface area contributed by atoms with Crippen molar-refractivity contribution >= 4 is 22.2 Å². The first-order chi connectivity index (χ1) is 8.86. The molecule has 0 aromatic carbocycles. The Kier molecular flexibility index (Phi) is 3.76. The van der Waals surface area contributed by atoms with Gasteiger partial charge < -0.3 is 0 Å². The van der Waals surface area contributed by atoms with Gasteiger partial charge in [0.1, 0.15) is 11.2 Å². The van der Waals surface area contributed by atoms with E-state index in [0.717, 1.165) is 18.1 Å². The number of anilines is 1. The van der Waals surface area contributed by atoms with E-state index in [4.69, 9.17) is 0 Å². The highest BCUT2D eigenvalue weighted by Crippen LogP contribution is 2.46. The van der Waals surface area contributed by atoms with Crippen LogP contribution in [0.25, 0.3) is 0 Å². The zero-order chi connectivity index (χ0) is 14.4. The van der Waals surface area contributed by atoms with Crippen molar-refractivity contribution in [1.29, 1.82) is 0 Å². The fraction of sp³-hybridized carbons (Fsp3) is 0.667. The summed E-state index contributed by atoms with van der Waals surface area (Å²) in [4.78, 5) is 16.9. The highest BCUT2D eigenvalue weighted by Gasteiger charge is 2.57. The lowest BCUT2D eigenvalue weighted by Gasteiger charge is -2.56. The van der Waals surface area contributed by atoms with Crippen molar-refractivity contribution in [3.63, 3.8) is 0 Å². The maximum absolute atomic E-state index is 12.5. The summed E-state index contributed by atoms with van der Waals surface area (Å²) in [5.74, 6) is 0.245. The highest BCUT2D eigenvalue weighted by molar-refractivity contribution is 7.14. The molecule has 1 fully saturated rings. The van der Waals surface area contributed by atoms with Crippen molar-refractivity contribution in [2.45, 2.75) is 47.7 Å². The van der Waals surface area contributed by atoms with Crippen LogP contribution in [0.3, 0.4) is 0 Å². The second-order valence-electron chi connectivity index (χ2n) is 5.84. The molecule has 19 heavy (non-hydrogen) atoms. The SMILES string of the molecule is CCN(CC)C1N(c2scc(C)c2C)C(=O)C1(C)C. The Morgan fingerprint density at radius 3 is 2.32 bits per heavy atom. The molecule has 1 unspecified atom stereocenters. The minimum absolute atomic E-state index is 0.187. The van der Waals surface area contributed by atoms with E-state index in [-0.39, 0.29) is 17.5 Å². The van der Waals surface area contributed by atoms with Gasteiger partial charge in [-0.2, -0.15) is 0 Å². The number of amides is 1. The van der Waals surface area contributed by atoms with E-state index in [1.807, 2.05) is 4.90 Å². The van der Waals surface area contributed by atoms with Gasteiger partial charge in [-0.3, -0.25) is 14.6 Å². The maximum atomic E-state index is 12.5. The third-order valence-corrected chi connectivity index (χ3v) is 5.49. The number of aryl methyl sites for hydroxylation is 1. The number of carbonyl (C=O) groups is 1. The third kappa shape index (κ3) is 2.01. The molecule has 0 spiro atoms. The first-order valence-electron chi connectivity index (χ1n) is 6.98. The van der Waals surface area contributed by atoms with Crippen molar-refractivity contribution in [2.75, 3.05) is 18.0 Å². The molecule has 0 N–H and O–H groups in total. The summed E-state index contributed by atoms with van der Waals surface area (Å²) in [5, 5.41) is 3.27. The Bertz CT molecular complexity index is 488. The molecule has 1 saturated heterocycles. The summed E-state index contributed by atoms with van der Waals surface area (Å²) in [7, 11) is 0. The Balaban J connectivity index is 2.39. The van der Waals surface area contributed by atoms with E-state index in [0.29, 0.717) is 0 Å². The largest absolute Gasteiger partial charge is 0.285 e. The predicted octanol–water partition coefficient (Wildman–Crippen LogP) is 3.41. The molecule has 0 saturated carbocycles. The quantitative estimate of drug-likeness (QED) is 0.789. The van der Waals surface area contributed by atoms with Crippen LogP contribution in [-0.4, -0.2) is 30.1 Å². The summed E-state index contributed by atoms with van der Waals surface area (Å²) in [5.41, 5.74) is 2.23. The Labute approximate surface area is 120 Å². The lowest BCUT2D eigenvalue weighted by Crippen LogP contribution is -2.73. The van der Waals surface area contributed by atoms with Gasteiger partial charge in [-0.25, -0.2) is 0 Å². The second kappa shape index (κ2) is 4.91. The highest BCUT2D eigenvalue weighted by atomic mass is 32.1. The lowest BCUT2D eigenvalue weighted by molar-refractivity contribution is -0.144. The number of nitrogens with zero attached hydrogens (tertiary/aromatic N) is 2. The maximum Gasteiger partial charge on any atom is 0.238 e. The standard InChI is InChI=1S/C15H24N2OS/c1-7-16(8-2)13-15(5,6)14(18)17(13)12-11(4)10(3)9-19-12/h9,13H,7-8H2,1-6H3. The minimum atomic E-state index is -0.281. The van der Waals surface area contributed by atoms with Crippen LogP contribution in [0, 0.1) is 19.3 Å². The Morgan fingerprint density at radius 1 is 1.32 bits per heavy atom. The minimum Gasteiger partial charge on any atom is -0.285 e. The van der Waals surface area contributed by atoms with E-state index in [2.05, 4.69) is 51.8 Å². The first kappa shape index (κ1) is 14.5. The van der Waals surface area contributed by atoms with Crippen molar-refractivity contribution in [3.05, 3.63) is 16.5 Å². The zero-order valence-electron chi connectivity index (χ0n) is 12.8. The molecule has 1 aromatic heterocycles. The van der Waals surface area contributed by atoms with Gasteiger partial charge in [-0.05, 0) is 57.3 Å². The molecule has 1 aliphatic rings. The van der Waals surface area contributed by atoms with Crippen LogP contribution in [0.1, 0.15) is 38.8 Å². The molecule has 3 nitrogen and oxygen atoms in total. The fourth-order valence-corrected chi connectivity index (χ4v) is 4.01. The predicted molar refractivity (Wildman–Crippen MR) is 81.8 cm³/mol. The Hall–Kier alpha value is -0.870. The molecule has 0 aliphatic carbocycles. The zero-order valence-corrected chi connectivity index (χ0v) is 13.6. The molecule has 1 atom stereocenters. The van der Waals surface area contributed by atoms with Crippen LogP contribution in [0.5, 0.6) is 0 Å². The van der Waals surface area contributed by atoms with Gasteiger partial charge in [0.2, 0.25) is 5.91 Å². The monoisotopic (exact) mass is 280 g/mol. The van der Waals surface area contributed by atoms with Crippen LogP contribution >= 0.6 is 11.3 Å². The molecule has 2 heterocycles. The molecular formula is C15H24N2OS. The van der Waals surface area contributed by atoms with E-state index in [1.54, 1.807) is 11.3 Å². The fourth-order valence-electron chi connectivity index (χ4n) is 2.91. The van der Waals surface area contributed by atoms with Crippen LogP contribution in [0.4, 0.5) is 5.00 Å². The summed E-state index contributed by atoms with van der Waals surface area (Å²) >= 11 is 1.69. The molecule has 1 amide bonds. The molecular weight excluding hydrogens is 256 g/mol. The first-order valence-corrected chi connectivity index (χ1v) is 7.86. The number of hydrogen-bond donors (Lipinski definition) is 0. The number of hydrogen-bond acceptors (Lipinski definition) is 3. The lowest BCUT2D eigenvalue weighted by atomic mass is 9.77. The van der Waals surface area contributed by atoms with Gasteiger partial charge in [-0.15, -0.1) is 11.3 Å². The van der Waals surface area contributed by atoms with Gasteiger partial charge in [0.05, 0.1) is 5.41 Å². The number of carbonyl (C=O) groups excluding carboxylic acids is 1. The van der Waals surface area contributed by atoms with Gasteiger partial charge in [0.15, 0.2) is 0 Å². The van der Waals surface area contributed by atoms with Crippen LogP contribution in [0.2, 0.25) is 0 Å². The summed E-state index contributed by atoms with van der Waals surface area (Å²) in [6, 6.07) is 0. The van der Waals surface area contributed by atoms with Crippen LogP contribution < -0.4 is 4.90 Å². The molecule has 106 valence electrons. The van der Waals surface area contributed by atoms with Crippen molar-refractivity contribution in [3.8, 4) is 0 Å². The van der Waals surface area contributed by atoms with Gasteiger partial charge >= 0.3 is 0 Å². The summed E-state index contributed by atoms with van der Waals surface area (Å²) in [6.45, 7) is 14.6. The topological polar surface area (TPSA) is 23.6 Å². The summed E-state index contributed by atoms with van der Waals surface area (Å²) in [6.07, 6.45) is 0.187. The molecule has 1 aromatic rings. The normalized spacial score (nSPS) is 21.9. The Morgan fingerprint density at radius 2 is 1.89 bits per heavy atom. The van der Waals surface area contributed by atoms with Gasteiger partial charge in [-0.1, -0.05) is 13.8 Å². The van der Waals surface area contributed by atoms with Crippen LogP contribution in [-0.2, 0) is 4.79 Å². The number of β-lactam (4-membered cyclic amide) rings is 1. The second-order valence-corrected chi connectivity index (χ2v) is 6.70. The average Bonchev–Trinajstić information content (AvgIpc) is 2.70. The van der Waals surface area contributed by atoms with Gasteiger partial charge in [0.25, 0.3) is 0 Å². The van der Waals surface area contributed by atoms with Crippen molar-refractivity contribution < 1.29 is 4.79 Å². The van der Waals surface area contributed by atoms with E-state index in [9.17, 15) is 4.79 Å². The molecule has 4 heteroatoms. The van der Waals surface area contributed by atoms with Crippen molar-refractivity contribution in [1.82, 2.24) is 4.90 Å². The number of rotatable bonds is 4. The molecule has 2 rings (SSSR count).